The van der Waals surface area contributed by atoms with Crippen LogP contribution in [0, 0.1) is 0 Å². The summed E-state index contributed by atoms with van der Waals surface area (Å²) in [6, 6.07) is 44.9. The Morgan fingerprint density at radius 2 is 1.35 bits per heavy atom. The Kier molecular flexibility index (Phi) is 5.97. The first-order valence-corrected chi connectivity index (χ1v) is 16.5. The number of nitrogens with zero attached hydrogens (tertiary/aromatic N) is 3. The third-order valence-electron chi connectivity index (χ3n) is 9.72. The summed E-state index contributed by atoms with van der Waals surface area (Å²) in [6.45, 7) is 0. The third-order valence-corrected chi connectivity index (χ3v) is 9.72. The summed E-state index contributed by atoms with van der Waals surface area (Å²) >= 11 is 0. The summed E-state index contributed by atoms with van der Waals surface area (Å²) in [7, 11) is 0. The molecule has 6 aromatic carbocycles. The van der Waals surface area contributed by atoms with Crippen molar-refractivity contribution in [1.82, 2.24) is 14.5 Å². The molecule has 0 unspecified atom stereocenters. The molecule has 0 spiro atoms. The van der Waals surface area contributed by atoms with E-state index in [1.807, 2.05) is 18.2 Å². The molecule has 0 bridgehead atoms. The van der Waals surface area contributed by atoms with Crippen LogP contribution in [0.3, 0.4) is 0 Å². The summed E-state index contributed by atoms with van der Waals surface area (Å²) in [4.78, 5) is 10.6. The molecular formula is C44H29N3O. The van der Waals surface area contributed by atoms with Gasteiger partial charge >= 0.3 is 0 Å². The zero-order valence-corrected chi connectivity index (χ0v) is 26.1. The second-order valence-corrected chi connectivity index (χ2v) is 12.5. The van der Waals surface area contributed by atoms with Crippen LogP contribution in [-0.4, -0.2) is 14.5 Å². The van der Waals surface area contributed by atoms with Gasteiger partial charge in [-0.15, -0.1) is 0 Å². The van der Waals surface area contributed by atoms with Gasteiger partial charge in [-0.2, -0.15) is 0 Å². The molecule has 0 radical (unpaired) electrons. The number of ether oxygens (including phenoxy) is 1. The number of hydrogen-bond acceptors (Lipinski definition) is 3. The summed E-state index contributed by atoms with van der Waals surface area (Å²) in [5.74, 6) is 2.36. The van der Waals surface area contributed by atoms with E-state index in [0.29, 0.717) is 5.95 Å². The van der Waals surface area contributed by atoms with E-state index in [1.165, 1.54) is 27.5 Å². The topological polar surface area (TPSA) is 39.9 Å². The number of aromatic nitrogens is 3. The van der Waals surface area contributed by atoms with Crippen molar-refractivity contribution in [3.63, 3.8) is 0 Å². The molecule has 3 heterocycles. The Labute approximate surface area is 277 Å². The molecule has 2 aromatic heterocycles. The minimum absolute atomic E-state index is 0.657. The Morgan fingerprint density at radius 3 is 2.29 bits per heavy atom. The van der Waals surface area contributed by atoms with Gasteiger partial charge in [0.05, 0.1) is 27.8 Å². The van der Waals surface area contributed by atoms with Crippen LogP contribution in [-0.2, 0) is 6.42 Å². The van der Waals surface area contributed by atoms with Gasteiger partial charge in [-0.1, -0.05) is 121 Å². The lowest BCUT2D eigenvalue weighted by atomic mass is 9.94. The maximum absolute atomic E-state index is 6.70. The molecule has 48 heavy (non-hydrogen) atoms. The second-order valence-electron chi connectivity index (χ2n) is 12.5. The number of benzene rings is 6. The molecule has 8 aromatic rings. The lowest BCUT2D eigenvalue weighted by Gasteiger charge is -2.18. The largest absolute Gasteiger partial charge is 0.455 e. The predicted molar refractivity (Wildman–Crippen MR) is 198 cm³/mol. The molecular weight excluding hydrogens is 587 g/mol. The van der Waals surface area contributed by atoms with E-state index in [9.17, 15) is 0 Å². The molecule has 4 heteroatoms. The third kappa shape index (κ3) is 4.16. The Bertz CT molecular complexity index is 2640. The number of hydrogen-bond donors (Lipinski definition) is 0. The molecule has 0 N–H and O–H groups in total. The molecule has 0 amide bonds. The maximum atomic E-state index is 6.70. The van der Waals surface area contributed by atoms with Crippen molar-refractivity contribution in [3.8, 4) is 39.8 Å². The van der Waals surface area contributed by atoms with Crippen LogP contribution in [0.25, 0.3) is 79.1 Å². The molecule has 226 valence electrons. The summed E-state index contributed by atoms with van der Waals surface area (Å²) in [5, 5.41) is 4.66. The van der Waals surface area contributed by atoms with Crippen LogP contribution in [0.15, 0.2) is 133 Å². The fourth-order valence-electron chi connectivity index (χ4n) is 7.42. The highest BCUT2D eigenvalue weighted by Gasteiger charge is 2.24. The van der Waals surface area contributed by atoms with Gasteiger partial charge in [-0.25, -0.2) is 9.97 Å². The van der Waals surface area contributed by atoms with E-state index < -0.39 is 0 Å². The van der Waals surface area contributed by atoms with Crippen molar-refractivity contribution in [1.29, 1.82) is 0 Å². The molecule has 0 saturated carbocycles. The first-order valence-electron chi connectivity index (χ1n) is 16.5. The molecule has 0 saturated heterocycles. The first-order chi connectivity index (χ1) is 23.8. The molecule has 4 nitrogen and oxygen atoms in total. The van der Waals surface area contributed by atoms with Crippen LogP contribution in [0.2, 0.25) is 0 Å². The highest BCUT2D eigenvalue weighted by atomic mass is 16.5. The smallest absolute Gasteiger partial charge is 0.235 e. The van der Waals surface area contributed by atoms with E-state index in [4.69, 9.17) is 14.7 Å². The monoisotopic (exact) mass is 615 g/mol. The molecule has 0 atom stereocenters. The van der Waals surface area contributed by atoms with Crippen molar-refractivity contribution < 1.29 is 4.74 Å². The van der Waals surface area contributed by atoms with Crippen molar-refractivity contribution >= 4 is 50.8 Å². The zero-order chi connectivity index (χ0) is 31.6. The molecule has 1 aliphatic carbocycles. The number of rotatable bonds is 3. The fraction of sp³-hybridized carbons (Fsp3) is 0.0455. The van der Waals surface area contributed by atoms with E-state index >= 15 is 0 Å². The van der Waals surface area contributed by atoms with Crippen LogP contribution >= 0.6 is 0 Å². The van der Waals surface area contributed by atoms with E-state index in [0.717, 1.165) is 74.2 Å². The van der Waals surface area contributed by atoms with Crippen LogP contribution in [0.4, 0.5) is 0 Å². The molecule has 0 fully saturated rings. The highest BCUT2D eigenvalue weighted by molar-refractivity contribution is 6.13. The average molecular weight is 616 g/mol. The minimum Gasteiger partial charge on any atom is -0.455 e. The van der Waals surface area contributed by atoms with Gasteiger partial charge < -0.3 is 4.74 Å². The van der Waals surface area contributed by atoms with Crippen molar-refractivity contribution in [2.75, 3.05) is 0 Å². The van der Waals surface area contributed by atoms with Crippen LogP contribution in [0.1, 0.15) is 28.8 Å². The van der Waals surface area contributed by atoms with E-state index in [-0.39, 0.29) is 0 Å². The molecule has 1 aliphatic heterocycles. The molecule has 10 rings (SSSR count). The average Bonchev–Trinajstić information content (AvgIpc) is 3.36. The standard InChI is InChI=1S/C44H29N3O/c1-3-13-33-28(10-1)12-9-16-34(33)29-20-23-31(24-21-29)42-35-14-4-6-17-37(35)45-44(46-42)47-38-18-7-5-15-36(38)41-39(47)27-26-32-25-22-30-11-2-8-19-40(30)48-43(32)41/h1-3,5-13,15-27H,4,14H2. The second kappa shape index (κ2) is 10.6. The van der Waals surface area contributed by atoms with Gasteiger partial charge in [0.1, 0.15) is 11.5 Å². The van der Waals surface area contributed by atoms with Gasteiger partial charge in [-0.05, 0) is 65.1 Å². The number of fused-ring (bicyclic) bond motifs is 8. The van der Waals surface area contributed by atoms with Crippen LogP contribution in [0.5, 0.6) is 11.5 Å². The predicted octanol–water partition coefficient (Wildman–Crippen LogP) is 11.3. The van der Waals surface area contributed by atoms with Gasteiger partial charge in [0.25, 0.3) is 0 Å². The van der Waals surface area contributed by atoms with Crippen LogP contribution < -0.4 is 4.74 Å². The Balaban J connectivity index is 1.17. The van der Waals surface area contributed by atoms with Gasteiger partial charge in [0.15, 0.2) is 0 Å². The van der Waals surface area contributed by atoms with E-state index in [1.54, 1.807) is 0 Å². The summed E-state index contributed by atoms with van der Waals surface area (Å²) in [5.41, 5.74) is 10.8. The minimum atomic E-state index is 0.657. The summed E-state index contributed by atoms with van der Waals surface area (Å²) in [6.07, 6.45) is 10.5. The van der Waals surface area contributed by atoms with Crippen molar-refractivity contribution in [2.24, 2.45) is 0 Å². The van der Waals surface area contributed by atoms with Gasteiger partial charge in [0.2, 0.25) is 5.95 Å². The normalized spacial score (nSPS) is 13.2. The lowest BCUT2D eigenvalue weighted by molar-refractivity contribution is 0.487. The maximum Gasteiger partial charge on any atom is 0.235 e. The Morgan fingerprint density at radius 1 is 0.583 bits per heavy atom. The zero-order valence-electron chi connectivity index (χ0n) is 26.1. The summed E-state index contributed by atoms with van der Waals surface area (Å²) < 4.78 is 8.90. The van der Waals surface area contributed by atoms with E-state index in [2.05, 4.69) is 138 Å². The van der Waals surface area contributed by atoms with Gasteiger partial charge in [0, 0.05) is 27.6 Å². The number of allylic oxidation sites excluding steroid dienone is 1. The van der Waals surface area contributed by atoms with Gasteiger partial charge in [-0.3, -0.25) is 4.57 Å². The first kappa shape index (κ1) is 26.9. The van der Waals surface area contributed by atoms with Crippen molar-refractivity contribution in [2.45, 2.75) is 12.8 Å². The quantitative estimate of drug-likeness (QED) is 0.198. The SMILES string of the molecule is C1=Cc2nc(-n3c4ccccc4c4c5c(ccc43)C=Cc3ccccc3O5)nc(-c3ccc(-c4cccc5ccccc45)cc3)c2CC1. The number of para-hydroxylation sites is 2. The highest BCUT2D eigenvalue weighted by Crippen LogP contribution is 2.44. The lowest BCUT2D eigenvalue weighted by Crippen LogP contribution is -2.09. The Hall–Kier alpha value is -6.26. The fourth-order valence-corrected chi connectivity index (χ4v) is 7.42. The molecule has 2 aliphatic rings. The van der Waals surface area contributed by atoms with Crippen molar-refractivity contribution in [3.05, 3.63) is 156 Å².